The van der Waals surface area contributed by atoms with Gasteiger partial charge in [-0.25, -0.2) is 0 Å². The summed E-state index contributed by atoms with van der Waals surface area (Å²) in [6.45, 7) is 4.55. The Hall–Kier alpha value is -0.993. The molecule has 1 fully saturated rings. The maximum atomic E-state index is 2.59. The van der Waals surface area contributed by atoms with Gasteiger partial charge in [-0.05, 0) is 24.0 Å². The van der Waals surface area contributed by atoms with Crippen LogP contribution < -0.4 is 0 Å². The Morgan fingerprint density at radius 2 is 1.20 bits per heavy atom. The summed E-state index contributed by atoms with van der Waals surface area (Å²) in [5.41, 5.74) is 8.85. The normalized spacial score (nSPS) is 20.6. The van der Waals surface area contributed by atoms with Gasteiger partial charge in [0.15, 0.2) is 0 Å². The third kappa shape index (κ3) is 5.43. The average molecular weight is 577 g/mol. The first-order valence-corrected chi connectivity index (χ1v) is 12.4. The summed E-state index contributed by atoms with van der Waals surface area (Å²) >= 11 is 0. The van der Waals surface area contributed by atoms with Crippen LogP contribution in [0.15, 0.2) is 59.7 Å². The Morgan fingerprint density at radius 3 is 1.57 bits per heavy atom. The summed E-state index contributed by atoms with van der Waals surface area (Å²) in [6, 6.07) is 20.8. The average Bonchev–Trinajstić information content (AvgIpc) is 3.49. The minimum Gasteiger partial charge on any atom is -0.358 e. The molecule has 5 rings (SSSR count). The Kier molecular flexibility index (Phi) is 10.2. The van der Waals surface area contributed by atoms with E-state index in [0.717, 1.165) is 12.8 Å². The zero-order chi connectivity index (χ0) is 19.3. The van der Waals surface area contributed by atoms with Gasteiger partial charge in [-0.1, -0.05) is 122 Å². The van der Waals surface area contributed by atoms with Gasteiger partial charge >= 0.3 is 0 Å². The van der Waals surface area contributed by atoms with E-state index in [-0.39, 0.29) is 33.3 Å². The standard InChI is InChI=1S/C23H23.C4H8Si.CH3.Hf/c1-3-16-13-18-9-5-7-11-20(18)22(16)15-23-17(4-2)14-19-10-6-8-12-21(19)23;1-2-4-5-3-1;;/h5-15,22-23H,3-4H2,1-2H3;1-4H2;1H3;/q-1;;-1;. The Balaban J connectivity index is 0.000000404. The van der Waals surface area contributed by atoms with Crippen molar-refractivity contribution in [2.45, 2.75) is 63.5 Å². The molecule has 2 heteroatoms. The quantitative estimate of drug-likeness (QED) is 0.254. The van der Waals surface area contributed by atoms with Gasteiger partial charge in [-0.3, -0.25) is 0 Å². The molecule has 0 spiro atoms. The van der Waals surface area contributed by atoms with E-state index in [1.54, 1.807) is 11.1 Å². The van der Waals surface area contributed by atoms with Crippen LogP contribution in [0, 0.1) is 13.8 Å². The molecular weight excluding hydrogens is 543 g/mol. The monoisotopic (exact) mass is 578 g/mol. The summed E-state index contributed by atoms with van der Waals surface area (Å²) < 4.78 is 0. The number of benzene rings is 2. The molecule has 0 saturated carbocycles. The predicted molar refractivity (Wildman–Crippen MR) is 130 cm³/mol. The van der Waals surface area contributed by atoms with Crippen LogP contribution in [0.25, 0.3) is 12.2 Å². The van der Waals surface area contributed by atoms with Crippen molar-refractivity contribution in [3.8, 4) is 0 Å². The van der Waals surface area contributed by atoms with Crippen LogP contribution in [0.2, 0.25) is 12.1 Å². The Bertz CT molecular complexity index is 801. The molecule has 2 aromatic carbocycles. The zero-order valence-electron chi connectivity index (χ0n) is 18.7. The summed E-state index contributed by atoms with van der Waals surface area (Å²) in [5, 5.41) is 0. The summed E-state index contributed by atoms with van der Waals surface area (Å²) in [4.78, 5) is 0. The fourth-order valence-corrected chi connectivity index (χ4v) is 6.00. The summed E-state index contributed by atoms with van der Waals surface area (Å²) in [5.74, 6) is 0.921. The molecule has 1 heterocycles. The van der Waals surface area contributed by atoms with Gasteiger partial charge in [-0.15, -0.1) is 11.8 Å². The van der Waals surface area contributed by atoms with Crippen LogP contribution in [-0.2, 0) is 25.8 Å². The van der Waals surface area contributed by atoms with E-state index in [9.17, 15) is 0 Å². The molecule has 1 saturated heterocycles. The fraction of sp³-hybridized carbons (Fsp3) is 0.357. The number of rotatable bonds is 4. The molecule has 2 unspecified atom stereocenters. The third-order valence-corrected chi connectivity index (χ3v) is 7.72. The van der Waals surface area contributed by atoms with E-state index in [4.69, 9.17) is 0 Å². The van der Waals surface area contributed by atoms with Crippen molar-refractivity contribution in [1.29, 1.82) is 0 Å². The molecule has 0 bridgehead atoms. The van der Waals surface area contributed by atoms with E-state index < -0.39 is 0 Å². The van der Waals surface area contributed by atoms with Crippen LogP contribution in [0.4, 0.5) is 0 Å². The Labute approximate surface area is 205 Å². The van der Waals surface area contributed by atoms with Crippen molar-refractivity contribution in [3.05, 3.63) is 95.8 Å². The predicted octanol–water partition coefficient (Wildman–Crippen LogP) is 8.14. The van der Waals surface area contributed by atoms with Gasteiger partial charge in [0.2, 0.25) is 0 Å². The second-order valence-corrected chi connectivity index (χ2v) is 9.51. The molecule has 0 N–H and O–H groups in total. The first-order chi connectivity index (χ1) is 13.8. The van der Waals surface area contributed by atoms with Crippen molar-refractivity contribution in [3.63, 3.8) is 0 Å². The fourth-order valence-electron chi connectivity index (χ4n) is 4.75. The van der Waals surface area contributed by atoms with Crippen molar-refractivity contribution < 1.29 is 25.8 Å². The SMILES string of the molecule is C1CC[Si]C1.CCC1=Cc2ccccc2C1[CH-]C1C(CC)=Cc2ccccc21.[CH3-].[Hf]. The molecule has 1 aliphatic heterocycles. The third-order valence-electron chi connectivity index (χ3n) is 6.30. The second kappa shape index (κ2) is 12.1. The van der Waals surface area contributed by atoms with Crippen molar-refractivity contribution in [2.24, 2.45) is 0 Å². The van der Waals surface area contributed by atoms with Crippen LogP contribution in [0.1, 0.15) is 73.6 Å². The number of hydrogen-bond acceptors (Lipinski definition) is 0. The number of fused-ring (bicyclic) bond motifs is 2. The van der Waals surface area contributed by atoms with Gasteiger partial charge in [0.1, 0.15) is 0 Å². The molecule has 2 atom stereocenters. The molecule has 2 aliphatic carbocycles. The molecule has 0 amide bonds. The molecular formula is C28H34HfSi-2. The van der Waals surface area contributed by atoms with Crippen LogP contribution in [0.3, 0.4) is 0 Å². The molecule has 2 radical (unpaired) electrons. The maximum absolute atomic E-state index is 2.59. The van der Waals surface area contributed by atoms with Crippen LogP contribution in [0.5, 0.6) is 0 Å². The first kappa shape index (κ1) is 25.3. The van der Waals surface area contributed by atoms with E-state index in [1.165, 1.54) is 56.7 Å². The topological polar surface area (TPSA) is 0 Å². The van der Waals surface area contributed by atoms with E-state index in [2.05, 4.69) is 81.0 Å². The van der Waals surface area contributed by atoms with Crippen LogP contribution in [-0.4, -0.2) is 9.52 Å². The molecule has 3 aliphatic rings. The van der Waals surface area contributed by atoms with Gasteiger partial charge in [0.25, 0.3) is 0 Å². The van der Waals surface area contributed by atoms with E-state index >= 15 is 0 Å². The van der Waals surface area contributed by atoms with E-state index in [1.807, 2.05) is 0 Å². The minimum absolute atomic E-state index is 0. The Morgan fingerprint density at radius 1 is 0.767 bits per heavy atom. The number of allylic oxidation sites excluding steroid dienone is 2. The largest absolute Gasteiger partial charge is 0.358 e. The van der Waals surface area contributed by atoms with Crippen molar-refractivity contribution in [1.82, 2.24) is 0 Å². The van der Waals surface area contributed by atoms with Crippen LogP contribution >= 0.6 is 0 Å². The first-order valence-electron chi connectivity index (χ1n) is 11.0. The second-order valence-electron chi connectivity index (χ2n) is 8.01. The number of hydrogen-bond donors (Lipinski definition) is 0. The van der Waals surface area contributed by atoms with E-state index in [0.29, 0.717) is 11.8 Å². The molecule has 2 aromatic rings. The smallest absolute Gasteiger partial charge is 0.0377 e. The molecule has 30 heavy (non-hydrogen) atoms. The maximum Gasteiger partial charge on any atom is 0.0377 e. The zero-order valence-corrected chi connectivity index (χ0v) is 23.3. The summed E-state index contributed by atoms with van der Waals surface area (Å²) in [6.07, 6.45) is 12.6. The van der Waals surface area contributed by atoms with Gasteiger partial charge in [-0.2, -0.15) is 0 Å². The molecule has 0 nitrogen and oxygen atoms in total. The summed E-state index contributed by atoms with van der Waals surface area (Å²) in [7, 11) is 1.31. The van der Waals surface area contributed by atoms with Gasteiger partial charge < -0.3 is 13.8 Å². The molecule has 156 valence electrons. The van der Waals surface area contributed by atoms with Crippen molar-refractivity contribution >= 4 is 21.7 Å². The molecule has 0 aromatic heterocycles. The van der Waals surface area contributed by atoms with Crippen molar-refractivity contribution in [2.75, 3.05) is 0 Å². The van der Waals surface area contributed by atoms with Gasteiger partial charge in [0, 0.05) is 35.4 Å². The minimum atomic E-state index is 0. The van der Waals surface area contributed by atoms with Gasteiger partial charge in [0.05, 0.1) is 0 Å².